The van der Waals surface area contributed by atoms with Gasteiger partial charge in [0.05, 0.1) is 6.10 Å². The SMILES string of the molecule is CC#CCC(C)C(=O)C=CC1C(O)CC2CC(=CCCCC(=O)O)CC21. The maximum Gasteiger partial charge on any atom is 0.303 e. The molecule has 0 radical (unpaired) electrons. The van der Waals surface area contributed by atoms with Crippen molar-refractivity contribution in [3.8, 4) is 11.8 Å². The van der Waals surface area contributed by atoms with Gasteiger partial charge in [-0.25, -0.2) is 0 Å². The zero-order chi connectivity index (χ0) is 19.1. The molecule has 0 aliphatic heterocycles. The molecule has 2 rings (SSSR count). The summed E-state index contributed by atoms with van der Waals surface area (Å²) >= 11 is 0. The third kappa shape index (κ3) is 5.57. The van der Waals surface area contributed by atoms with Gasteiger partial charge in [-0.3, -0.25) is 9.59 Å². The maximum atomic E-state index is 12.2. The predicted octanol–water partition coefficient (Wildman–Crippen LogP) is 3.75. The first kappa shape index (κ1) is 20.5. The van der Waals surface area contributed by atoms with Crippen LogP contribution in [0.5, 0.6) is 0 Å². The Balaban J connectivity index is 1.91. The maximum absolute atomic E-state index is 12.2. The fraction of sp³-hybridized carbons (Fsp3) is 0.636. The number of aliphatic hydroxyl groups excluding tert-OH is 1. The summed E-state index contributed by atoms with van der Waals surface area (Å²) < 4.78 is 0. The molecule has 2 N–H and O–H groups in total. The van der Waals surface area contributed by atoms with Crippen LogP contribution in [0.15, 0.2) is 23.8 Å². The van der Waals surface area contributed by atoms with E-state index < -0.39 is 5.97 Å². The molecule has 0 heterocycles. The van der Waals surface area contributed by atoms with Crippen LogP contribution in [0.3, 0.4) is 0 Å². The summed E-state index contributed by atoms with van der Waals surface area (Å²) in [5, 5.41) is 19.1. The second kappa shape index (κ2) is 9.73. The number of carbonyl (C=O) groups excluding carboxylic acids is 1. The van der Waals surface area contributed by atoms with Crippen LogP contribution in [0.4, 0.5) is 0 Å². The van der Waals surface area contributed by atoms with E-state index in [4.69, 9.17) is 5.11 Å². The fourth-order valence-corrected chi connectivity index (χ4v) is 4.23. The average Bonchev–Trinajstić information content (AvgIpc) is 3.10. The van der Waals surface area contributed by atoms with Crippen LogP contribution in [0.1, 0.15) is 58.8 Å². The normalized spacial score (nSPS) is 30.2. The minimum absolute atomic E-state index is 0.0401. The van der Waals surface area contributed by atoms with Gasteiger partial charge in [0.2, 0.25) is 0 Å². The number of carboxylic acid groups (broad SMARTS) is 1. The second-order valence-corrected chi connectivity index (χ2v) is 7.65. The highest BCUT2D eigenvalue weighted by atomic mass is 16.4. The molecular formula is C22H30O4. The van der Waals surface area contributed by atoms with Crippen molar-refractivity contribution in [3.63, 3.8) is 0 Å². The van der Waals surface area contributed by atoms with Gasteiger partial charge in [-0.05, 0) is 56.9 Å². The van der Waals surface area contributed by atoms with Crippen LogP contribution in [-0.2, 0) is 9.59 Å². The second-order valence-electron chi connectivity index (χ2n) is 7.65. The third-order valence-corrected chi connectivity index (χ3v) is 5.69. The van der Waals surface area contributed by atoms with E-state index in [1.54, 1.807) is 13.0 Å². The van der Waals surface area contributed by atoms with E-state index in [2.05, 4.69) is 17.9 Å². The molecule has 4 nitrogen and oxygen atoms in total. The van der Waals surface area contributed by atoms with Crippen LogP contribution in [-0.4, -0.2) is 28.1 Å². The third-order valence-electron chi connectivity index (χ3n) is 5.69. The monoisotopic (exact) mass is 358 g/mol. The first-order chi connectivity index (χ1) is 12.4. The first-order valence-corrected chi connectivity index (χ1v) is 9.61. The molecule has 0 aromatic heterocycles. The standard InChI is InChI=1S/C22H30O4/c1-3-4-7-15(2)20(23)11-10-18-19-13-16(8-5-6-9-22(25)26)12-17(19)14-21(18)24/h8,10-11,15,17-19,21,24H,5-7,9,12-14H2,1-2H3,(H,25,26). The lowest BCUT2D eigenvalue weighted by atomic mass is 9.89. The Morgan fingerprint density at radius 3 is 2.81 bits per heavy atom. The van der Waals surface area contributed by atoms with Gasteiger partial charge < -0.3 is 10.2 Å². The van der Waals surface area contributed by atoms with Crippen molar-refractivity contribution in [2.24, 2.45) is 23.7 Å². The topological polar surface area (TPSA) is 74.6 Å². The lowest BCUT2D eigenvalue weighted by Gasteiger charge is -2.17. The van der Waals surface area contributed by atoms with Gasteiger partial charge in [0.25, 0.3) is 0 Å². The number of hydrogen-bond acceptors (Lipinski definition) is 3. The van der Waals surface area contributed by atoms with Crippen LogP contribution in [0.25, 0.3) is 0 Å². The van der Waals surface area contributed by atoms with Gasteiger partial charge in [-0.15, -0.1) is 11.8 Å². The highest BCUT2D eigenvalue weighted by Crippen LogP contribution is 2.50. The van der Waals surface area contributed by atoms with E-state index in [1.165, 1.54) is 5.57 Å². The van der Waals surface area contributed by atoms with Crippen molar-refractivity contribution >= 4 is 11.8 Å². The van der Waals surface area contributed by atoms with Gasteiger partial charge in [0.1, 0.15) is 0 Å². The van der Waals surface area contributed by atoms with E-state index in [0.29, 0.717) is 24.7 Å². The number of allylic oxidation sites excluding steroid dienone is 3. The molecule has 2 aliphatic carbocycles. The summed E-state index contributed by atoms with van der Waals surface area (Å²) in [7, 11) is 0. The molecule has 0 aromatic rings. The number of carboxylic acids is 1. The summed E-state index contributed by atoms with van der Waals surface area (Å²) in [5.41, 5.74) is 1.38. The van der Waals surface area contributed by atoms with Crippen molar-refractivity contribution in [1.82, 2.24) is 0 Å². The number of fused-ring (bicyclic) bond motifs is 1. The van der Waals surface area contributed by atoms with E-state index in [9.17, 15) is 14.7 Å². The number of ketones is 1. The number of aliphatic hydroxyl groups is 1. The molecule has 4 heteroatoms. The van der Waals surface area contributed by atoms with Crippen LogP contribution in [0, 0.1) is 35.5 Å². The van der Waals surface area contributed by atoms with E-state index in [1.807, 2.05) is 13.0 Å². The Hall–Kier alpha value is -1.86. The molecule has 5 atom stereocenters. The van der Waals surface area contributed by atoms with E-state index >= 15 is 0 Å². The molecule has 2 fully saturated rings. The Morgan fingerprint density at radius 1 is 1.35 bits per heavy atom. The minimum Gasteiger partial charge on any atom is -0.481 e. The van der Waals surface area contributed by atoms with Gasteiger partial charge >= 0.3 is 5.97 Å². The number of aliphatic carboxylic acids is 1. The number of hydrogen-bond donors (Lipinski definition) is 2. The molecule has 0 spiro atoms. The number of rotatable bonds is 8. The van der Waals surface area contributed by atoms with Crippen molar-refractivity contribution < 1.29 is 19.8 Å². The van der Waals surface area contributed by atoms with Crippen molar-refractivity contribution in [2.75, 3.05) is 0 Å². The Kier molecular flexibility index (Phi) is 7.66. The van der Waals surface area contributed by atoms with Crippen LogP contribution < -0.4 is 0 Å². The van der Waals surface area contributed by atoms with Crippen molar-refractivity contribution in [1.29, 1.82) is 0 Å². The molecule has 0 bridgehead atoms. The highest BCUT2D eigenvalue weighted by Gasteiger charge is 2.44. The number of unbranched alkanes of at least 4 members (excludes halogenated alkanes) is 1. The van der Waals surface area contributed by atoms with Crippen LogP contribution >= 0.6 is 0 Å². The average molecular weight is 358 g/mol. The van der Waals surface area contributed by atoms with E-state index in [0.717, 1.165) is 25.7 Å². The quantitative estimate of drug-likeness (QED) is 0.300. The largest absolute Gasteiger partial charge is 0.481 e. The molecular weight excluding hydrogens is 328 g/mol. The Bertz CT molecular complexity index is 634. The van der Waals surface area contributed by atoms with Gasteiger partial charge in [-0.1, -0.05) is 24.6 Å². The smallest absolute Gasteiger partial charge is 0.303 e. The summed E-state index contributed by atoms with van der Waals surface area (Å²) in [4.78, 5) is 22.8. The number of carbonyl (C=O) groups is 2. The van der Waals surface area contributed by atoms with E-state index in [-0.39, 0.29) is 30.1 Å². The van der Waals surface area contributed by atoms with Crippen molar-refractivity contribution in [3.05, 3.63) is 23.8 Å². The Labute approximate surface area is 156 Å². The zero-order valence-corrected chi connectivity index (χ0v) is 15.8. The van der Waals surface area contributed by atoms with Crippen LogP contribution in [0.2, 0.25) is 0 Å². The molecule has 142 valence electrons. The summed E-state index contributed by atoms with van der Waals surface area (Å²) in [6.07, 6.45) is 10.4. The highest BCUT2D eigenvalue weighted by molar-refractivity contribution is 5.91. The summed E-state index contributed by atoms with van der Waals surface area (Å²) in [6.45, 7) is 3.66. The van der Waals surface area contributed by atoms with Crippen molar-refractivity contribution in [2.45, 2.75) is 64.9 Å². The minimum atomic E-state index is -0.746. The summed E-state index contributed by atoms with van der Waals surface area (Å²) in [6, 6.07) is 0. The molecule has 5 unspecified atom stereocenters. The fourth-order valence-electron chi connectivity index (χ4n) is 4.23. The molecule has 2 saturated carbocycles. The molecule has 0 amide bonds. The molecule has 2 aliphatic rings. The molecule has 0 saturated heterocycles. The predicted molar refractivity (Wildman–Crippen MR) is 101 cm³/mol. The Morgan fingerprint density at radius 2 is 2.12 bits per heavy atom. The molecule has 0 aromatic carbocycles. The lowest BCUT2D eigenvalue weighted by molar-refractivity contribution is -0.137. The molecule has 26 heavy (non-hydrogen) atoms. The van der Waals surface area contributed by atoms with Gasteiger partial charge in [0.15, 0.2) is 5.78 Å². The first-order valence-electron chi connectivity index (χ1n) is 9.61. The zero-order valence-electron chi connectivity index (χ0n) is 15.8. The summed E-state index contributed by atoms with van der Waals surface area (Å²) in [5.74, 6) is 5.88. The van der Waals surface area contributed by atoms with Gasteiger partial charge in [-0.2, -0.15) is 0 Å². The van der Waals surface area contributed by atoms with Gasteiger partial charge in [0, 0.05) is 24.7 Å². The lowest BCUT2D eigenvalue weighted by Crippen LogP contribution is -2.17.